The predicted molar refractivity (Wildman–Crippen MR) is 45.9 cm³/mol. The number of rotatable bonds is 2. The highest BCUT2D eigenvalue weighted by atomic mass is 19.4. The van der Waals surface area contributed by atoms with Crippen LogP contribution in [0.3, 0.4) is 0 Å². The molecule has 1 heterocycles. The lowest BCUT2D eigenvalue weighted by atomic mass is 10.0. The highest BCUT2D eigenvalue weighted by Gasteiger charge is 2.32. The number of aromatic nitrogens is 1. The molecule has 84 valence electrons. The van der Waals surface area contributed by atoms with E-state index in [1.54, 1.807) is 0 Å². The molecule has 6 heteroatoms. The molecule has 0 fully saturated rings. The van der Waals surface area contributed by atoms with Crippen molar-refractivity contribution in [2.24, 2.45) is 0 Å². The van der Waals surface area contributed by atoms with Crippen LogP contribution < -0.4 is 0 Å². The molecule has 0 aliphatic carbocycles. The Kier molecular flexibility index (Phi) is 3.01. The maximum atomic E-state index is 12.1. The Morgan fingerprint density at radius 3 is 2.27 bits per heavy atom. The zero-order chi connectivity index (χ0) is 11.7. The molecule has 0 aromatic carbocycles. The number of aliphatic hydroxyl groups excluding tert-OH is 1. The van der Waals surface area contributed by atoms with Crippen molar-refractivity contribution in [2.75, 3.05) is 6.61 Å². The van der Waals surface area contributed by atoms with E-state index < -0.39 is 23.9 Å². The highest BCUT2D eigenvalue weighted by Crippen LogP contribution is 2.29. The van der Waals surface area contributed by atoms with Crippen molar-refractivity contribution >= 4 is 0 Å². The van der Waals surface area contributed by atoms with Gasteiger partial charge in [-0.05, 0) is 19.1 Å². The van der Waals surface area contributed by atoms with Crippen LogP contribution in [0.5, 0.6) is 0 Å². The normalized spacial score (nSPS) is 16.1. The topological polar surface area (TPSA) is 53.4 Å². The molecule has 0 radical (unpaired) electrons. The number of nitrogens with zero attached hydrogens (tertiary/aromatic N) is 1. The van der Waals surface area contributed by atoms with Gasteiger partial charge in [0, 0.05) is 6.20 Å². The summed E-state index contributed by atoms with van der Waals surface area (Å²) in [6.07, 6.45) is -3.82. The first-order chi connectivity index (χ1) is 6.77. The Morgan fingerprint density at radius 1 is 1.33 bits per heavy atom. The molecule has 0 spiro atoms. The van der Waals surface area contributed by atoms with Gasteiger partial charge >= 0.3 is 6.18 Å². The minimum Gasteiger partial charge on any atom is -0.393 e. The standard InChI is InChI=1S/C9H10F3NO2/c1-8(15,5-14)7-3-2-6(4-13-7)9(10,11)12/h2-4,14-15H,5H2,1H3/t8-/m1/s1. The van der Waals surface area contributed by atoms with Gasteiger partial charge in [0.2, 0.25) is 0 Å². The summed E-state index contributed by atoms with van der Waals surface area (Å²) in [5, 5.41) is 18.3. The van der Waals surface area contributed by atoms with Crippen LogP contribution in [0.1, 0.15) is 18.2 Å². The van der Waals surface area contributed by atoms with E-state index in [0.717, 1.165) is 12.1 Å². The summed E-state index contributed by atoms with van der Waals surface area (Å²) >= 11 is 0. The van der Waals surface area contributed by atoms with Gasteiger partial charge < -0.3 is 10.2 Å². The van der Waals surface area contributed by atoms with Crippen LogP contribution in [-0.2, 0) is 11.8 Å². The molecular formula is C9H10F3NO2. The molecule has 0 saturated carbocycles. The summed E-state index contributed by atoms with van der Waals surface area (Å²) in [5.74, 6) is 0. The largest absolute Gasteiger partial charge is 0.417 e. The molecule has 0 saturated heterocycles. The summed E-state index contributed by atoms with van der Waals surface area (Å²) < 4.78 is 36.4. The minimum atomic E-state index is -4.45. The van der Waals surface area contributed by atoms with Crippen molar-refractivity contribution in [3.05, 3.63) is 29.6 Å². The summed E-state index contributed by atoms with van der Waals surface area (Å²) in [5.41, 5.74) is -2.51. The first kappa shape index (κ1) is 11.9. The van der Waals surface area contributed by atoms with Crippen LogP contribution in [0.25, 0.3) is 0 Å². The average Bonchev–Trinajstić information content (AvgIpc) is 2.17. The van der Waals surface area contributed by atoms with E-state index >= 15 is 0 Å². The van der Waals surface area contributed by atoms with Gasteiger partial charge in [-0.25, -0.2) is 0 Å². The summed E-state index contributed by atoms with van der Waals surface area (Å²) in [6.45, 7) is 0.661. The zero-order valence-corrected chi connectivity index (χ0v) is 7.91. The zero-order valence-electron chi connectivity index (χ0n) is 7.91. The second kappa shape index (κ2) is 3.79. The number of hydrogen-bond donors (Lipinski definition) is 2. The molecule has 0 unspecified atom stereocenters. The average molecular weight is 221 g/mol. The molecule has 1 aromatic rings. The van der Waals surface area contributed by atoms with E-state index in [4.69, 9.17) is 5.11 Å². The van der Waals surface area contributed by atoms with Crippen molar-refractivity contribution in [1.29, 1.82) is 0 Å². The fourth-order valence-corrected chi connectivity index (χ4v) is 0.961. The molecule has 1 atom stereocenters. The molecule has 15 heavy (non-hydrogen) atoms. The lowest BCUT2D eigenvalue weighted by Crippen LogP contribution is -2.27. The van der Waals surface area contributed by atoms with E-state index in [2.05, 4.69) is 4.98 Å². The van der Waals surface area contributed by atoms with Gasteiger partial charge in [-0.3, -0.25) is 4.98 Å². The van der Waals surface area contributed by atoms with Gasteiger partial charge in [-0.1, -0.05) is 0 Å². The maximum absolute atomic E-state index is 12.1. The van der Waals surface area contributed by atoms with Crippen LogP contribution in [0.15, 0.2) is 18.3 Å². The van der Waals surface area contributed by atoms with E-state index in [0.29, 0.717) is 6.20 Å². The van der Waals surface area contributed by atoms with Crippen LogP contribution in [-0.4, -0.2) is 21.8 Å². The van der Waals surface area contributed by atoms with Gasteiger partial charge in [-0.15, -0.1) is 0 Å². The first-order valence-corrected chi connectivity index (χ1v) is 4.14. The maximum Gasteiger partial charge on any atom is 0.417 e. The molecule has 0 bridgehead atoms. The molecule has 0 amide bonds. The van der Waals surface area contributed by atoms with Crippen LogP contribution in [0, 0.1) is 0 Å². The van der Waals surface area contributed by atoms with Gasteiger partial charge in [0.1, 0.15) is 5.60 Å². The Morgan fingerprint density at radius 2 is 1.93 bits per heavy atom. The number of hydrogen-bond acceptors (Lipinski definition) is 3. The molecule has 2 N–H and O–H groups in total. The molecule has 0 aliphatic heterocycles. The van der Waals surface area contributed by atoms with Crippen molar-refractivity contribution in [1.82, 2.24) is 4.98 Å². The number of alkyl halides is 3. The fraction of sp³-hybridized carbons (Fsp3) is 0.444. The van der Waals surface area contributed by atoms with Gasteiger partial charge in [0.05, 0.1) is 17.9 Å². The third-order valence-electron chi connectivity index (χ3n) is 1.95. The summed E-state index contributed by atoms with van der Waals surface area (Å²) in [6, 6.07) is 1.85. The molecule has 1 aromatic heterocycles. The number of aliphatic hydroxyl groups is 2. The molecule has 0 aliphatic rings. The highest BCUT2D eigenvalue weighted by molar-refractivity contribution is 5.20. The Labute approximate surface area is 84.2 Å². The lowest BCUT2D eigenvalue weighted by Gasteiger charge is -2.19. The number of pyridine rings is 1. The molecule has 3 nitrogen and oxygen atoms in total. The van der Waals surface area contributed by atoms with Crippen molar-refractivity contribution in [2.45, 2.75) is 18.7 Å². The third-order valence-corrected chi connectivity index (χ3v) is 1.95. The third kappa shape index (κ3) is 2.66. The monoisotopic (exact) mass is 221 g/mol. The molecular weight excluding hydrogens is 211 g/mol. The first-order valence-electron chi connectivity index (χ1n) is 4.14. The Hall–Kier alpha value is -1.14. The smallest absolute Gasteiger partial charge is 0.393 e. The summed E-state index contributed by atoms with van der Waals surface area (Å²) in [4.78, 5) is 3.46. The number of halogens is 3. The fourth-order valence-electron chi connectivity index (χ4n) is 0.961. The molecule has 1 rings (SSSR count). The Bertz CT molecular complexity index is 332. The predicted octanol–water partition coefficient (Wildman–Crippen LogP) is 1.30. The summed E-state index contributed by atoms with van der Waals surface area (Å²) in [7, 11) is 0. The van der Waals surface area contributed by atoms with Gasteiger partial charge in [0.15, 0.2) is 0 Å². The van der Waals surface area contributed by atoms with Crippen molar-refractivity contribution < 1.29 is 23.4 Å². The second-order valence-corrected chi connectivity index (χ2v) is 3.36. The quantitative estimate of drug-likeness (QED) is 0.791. The van der Waals surface area contributed by atoms with E-state index in [1.807, 2.05) is 0 Å². The Balaban J connectivity index is 3.01. The van der Waals surface area contributed by atoms with E-state index in [1.165, 1.54) is 6.92 Å². The minimum absolute atomic E-state index is 0.00185. The van der Waals surface area contributed by atoms with Gasteiger partial charge in [-0.2, -0.15) is 13.2 Å². The van der Waals surface area contributed by atoms with Crippen molar-refractivity contribution in [3.63, 3.8) is 0 Å². The van der Waals surface area contributed by atoms with E-state index in [-0.39, 0.29) is 5.69 Å². The lowest BCUT2D eigenvalue weighted by molar-refractivity contribution is -0.137. The van der Waals surface area contributed by atoms with Crippen LogP contribution in [0.2, 0.25) is 0 Å². The van der Waals surface area contributed by atoms with Crippen LogP contribution in [0.4, 0.5) is 13.2 Å². The second-order valence-electron chi connectivity index (χ2n) is 3.36. The van der Waals surface area contributed by atoms with Gasteiger partial charge in [0.25, 0.3) is 0 Å². The van der Waals surface area contributed by atoms with Crippen molar-refractivity contribution in [3.8, 4) is 0 Å². The SMILES string of the molecule is C[C@@](O)(CO)c1ccc(C(F)(F)F)cn1. The van der Waals surface area contributed by atoms with Crippen LogP contribution >= 0.6 is 0 Å². The van der Waals surface area contributed by atoms with E-state index in [9.17, 15) is 18.3 Å².